The molecular formula is C19H14ClN3O4. The number of carbonyl (C=O) groups excluding carboxylic acids is 1. The van der Waals surface area contributed by atoms with Gasteiger partial charge in [0.15, 0.2) is 11.5 Å². The largest absolute Gasteiger partial charge is 0.454 e. The molecule has 2 heterocycles. The molecule has 0 fully saturated rings. The lowest BCUT2D eigenvalue weighted by atomic mass is 10.1. The van der Waals surface area contributed by atoms with Gasteiger partial charge in [0.05, 0.1) is 5.69 Å². The number of nitrogens with one attached hydrogen (secondary N) is 1. The number of halogens is 1. The molecular weight excluding hydrogens is 370 g/mol. The van der Waals surface area contributed by atoms with E-state index >= 15 is 0 Å². The van der Waals surface area contributed by atoms with Crippen molar-refractivity contribution >= 4 is 23.2 Å². The second-order valence-electron chi connectivity index (χ2n) is 5.84. The normalized spacial score (nSPS) is 12.0. The summed E-state index contributed by atoms with van der Waals surface area (Å²) in [6.07, 6.45) is 0. The molecule has 2 aromatic carbocycles. The van der Waals surface area contributed by atoms with Crippen LogP contribution in [0.2, 0.25) is 5.02 Å². The van der Waals surface area contributed by atoms with Gasteiger partial charge in [0.25, 0.3) is 5.56 Å². The lowest BCUT2D eigenvalue weighted by Crippen LogP contribution is -2.29. The zero-order chi connectivity index (χ0) is 18.8. The predicted molar refractivity (Wildman–Crippen MR) is 100 cm³/mol. The summed E-state index contributed by atoms with van der Waals surface area (Å²) in [5.41, 5.74) is 1.52. The van der Waals surface area contributed by atoms with Crippen molar-refractivity contribution in [1.29, 1.82) is 0 Å². The molecule has 0 saturated carbocycles. The second-order valence-corrected chi connectivity index (χ2v) is 6.27. The molecule has 0 radical (unpaired) electrons. The van der Waals surface area contributed by atoms with Gasteiger partial charge in [-0.15, -0.1) is 0 Å². The van der Waals surface area contributed by atoms with E-state index in [1.165, 1.54) is 6.07 Å². The molecule has 136 valence electrons. The van der Waals surface area contributed by atoms with E-state index in [0.717, 1.165) is 10.2 Å². The van der Waals surface area contributed by atoms with Gasteiger partial charge in [-0.05, 0) is 48.5 Å². The maximum atomic E-state index is 12.2. The predicted octanol–water partition coefficient (Wildman–Crippen LogP) is 2.93. The minimum Gasteiger partial charge on any atom is -0.454 e. The molecule has 0 saturated heterocycles. The van der Waals surface area contributed by atoms with Gasteiger partial charge in [-0.1, -0.05) is 11.6 Å². The molecule has 0 unspecified atom stereocenters. The van der Waals surface area contributed by atoms with E-state index in [0.29, 0.717) is 27.9 Å². The molecule has 1 aliphatic rings. The summed E-state index contributed by atoms with van der Waals surface area (Å²) in [5.74, 6) is 0.914. The van der Waals surface area contributed by atoms with Gasteiger partial charge in [0.2, 0.25) is 12.7 Å². The van der Waals surface area contributed by atoms with Crippen molar-refractivity contribution in [1.82, 2.24) is 9.78 Å². The van der Waals surface area contributed by atoms with Gasteiger partial charge in [-0.2, -0.15) is 5.10 Å². The fourth-order valence-electron chi connectivity index (χ4n) is 2.64. The second kappa shape index (κ2) is 7.13. The Morgan fingerprint density at radius 1 is 1.07 bits per heavy atom. The highest BCUT2D eigenvalue weighted by Gasteiger charge is 2.15. The number of hydrogen-bond acceptors (Lipinski definition) is 5. The van der Waals surface area contributed by atoms with E-state index in [2.05, 4.69) is 10.4 Å². The smallest absolute Gasteiger partial charge is 0.267 e. The number of benzene rings is 2. The van der Waals surface area contributed by atoms with Gasteiger partial charge in [-0.25, -0.2) is 4.68 Å². The lowest BCUT2D eigenvalue weighted by Gasteiger charge is -2.09. The molecule has 7 nitrogen and oxygen atoms in total. The summed E-state index contributed by atoms with van der Waals surface area (Å²) in [5, 5.41) is 7.57. The molecule has 27 heavy (non-hydrogen) atoms. The zero-order valence-electron chi connectivity index (χ0n) is 14.0. The van der Waals surface area contributed by atoms with Gasteiger partial charge >= 0.3 is 0 Å². The van der Waals surface area contributed by atoms with Gasteiger partial charge in [0.1, 0.15) is 6.54 Å². The Morgan fingerprint density at radius 2 is 1.85 bits per heavy atom. The fraction of sp³-hybridized carbons (Fsp3) is 0.105. The Balaban J connectivity index is 1.54. The van der Waals surface area contributed by atoms with Crippen LogP contribution < -0.4 is 20.3 Å². The number of amides is 1. The first-order chi connectivity index (χ1) is 13.1. The third kappa shape index (κ3) is 3.78. The van der Waals surface area contributed by atoms with Crippen LogP contribution in [0.15, 0.2) is 59.4 Å². The summed E-state index contributed by atoms with van der Waals surface area (Å²) >= 11 is 5.82. The topological polar surface area (TPSA) is 82.5 Å². The Hall–Kier alpha value is -3.32. The lowest BCUT2D eigenvalue weighted by molar-refractivity contribution is -0.117. The van der Waals surface area contributed by atoms with Crippen LogP contribution in [0.3, 0.4) is 0 Å². The van der Waals surface area contributed by atoms with Crippen molar-refractivity contribution in [2.24, 2.45) is 0 Å². The number of fused-ring (bicyclic) bond motifs is 1. The van der Waals surface area contributed by atoms with Crippen molar-refractivity contribution in [3.63, 3.8) is 0 Å². The fourth-order valence-corrected chi connectivity index (χ4v) is 2.77. The molecule has 1 N–H and O–H groups in total. The molecule has 4 rings (SSSR count). The highest BCUT2D eigenvalue weighted by atomic mass is 35.5. The van der Waals surface area contributed by atoms with Crippen LogP contribution in [0.4, 0.5) is 5.69 Å². The third-order valence-corrected chi connectivity index (χ3v) is 4.21. The Bertz CT molecular complexity index is 1060. The molecule has 0 aliphatic carbocycles. The SMILES string of the molecule is O=C(Cn1nc(-c2ccc3c(c2)OCO3)ccc1=O)Nc1ccc(Cl)cc1. The molecule has 8 heteroatoms. The molecule has 0 bridgehead atoms. The van der Waals surface area contributed by atoms with Crippen LogP contribution in [0.25, 0.3) is 11.3 Å². The number of carbonyl (C=O) groups is 1. The van der Waals surface area contributed by atoms with Crippen LogP contribution in [0.1, 0.15) is 0 Å². The highest BCUT2D eigenvalue weighted by molar-refractivity contribution is 6.30. The molecule has 1 amide bonds. The number of nitrogens with zero attached hydrogens (tertiary/aromatic N) is 2. The quantitative estimate of drug-likeness (QED) is 0.749. The van der Waals surface area contributed by atoms with Gasteiger partial charge < -0.3 is 14.8 Å². The monoisotopic (exact) mass is 383 g/mol. The number of anilines is 1. The summed E-state index contributed by atoms with van der Waals surface area (Å²) in [6, 6.07) is 15.1. The minimum atomic E-state index is -0.370. The number of ether oxygens (including phenoxy) is 2. The van der Waals surface area contributed by atoms with E-state index in [4.69, 9.17) is 21.1 Å². The molecule has 1 aromatic heterocycles. The van der Waals surface area contributed by atoms with Crippen LogP contribution >= 0.6 is 11.6 Å². The van der Waals surface area contributed by atoms with Crippen LogP contribution in [-0.4, -0.2) is 22.5 Å². The zero-order valence-corrected chi connectivity index (χ0v) is 14.8. The van der Waals surface area contributed by atoms with E-state index in [1.54, 1.807) is 42.5 Å². The maximum Gasteiger partial charge on any atom is 0.267 e. The first kappa shape index (κ1) is 17.1. The summed E-state index contributed by atoms with van der Waals surface area (Å²) in [6.45, 7) is -0.0313. The van der Waals surface area contributed by atoms with Crippen molar-refractivity contribution in [3.05, 3.63) is 70.0 Å². The molecule has 3 aromatic rings. The van der Waals surface area contributed by atoms with Gasteiger partial charge in [-0.3, -0.25) is 9.59 Å². The Morgan fingerprint density at radius 3 is 2.67 bits per heavy atom. The van der Waals surface area contributed by atoms with E-state index < -0.39 is 0 Å². The average molecular weight is 384 g/mol. The summed E-state index contributed by atoms with van der Waals surface area (Å²) in [4.78, 5) is 24.3. The highest BCUT2D eigenvalue weighted by Crippen LogP contribution is 2.35. The maximum absolute atomic E-state index is 12.2. The molecule has 1 aliphatic heterocycles. The van der Waals surface area contributed by atoms with Gasteiger partial charge in [0, 0.05) is 22.3 Å². The first-order valence-corrected chi connectivity index (χ1v) is 8.50. The third-order valence-electron chi connectivity index (χ3n) is 3.96. The van der Waals surface area contributed by atoms with E-state index in [-0.39, 0.29) is 24.8 Å². The summed E-state index contributed by atoms with van der Waals surface area (Å²) < 4.78 is 11.8. The summed E-state index contributed by atoms with van der Waals surface area (Å²) in [7, 11) is 0. The van der Waals surface area contributed by atoms with Crippen LogP contribution in [0, 0.1) is 0 Å². The van der Waals surface area contributed by atoms with Crippen molar-refractivity contribution in [3.8, 4) is 22.8 Å². The number of rotatable bonds is 4. The standard InChI is InChI=1S/C19H14ClN3O4/c20-13-2-4-14(5-3-13)21-18(24)10-23-19(25)8-6-15(22-23)12-1-7-16-17(9-12)27-11-26-16/h1-9H,10-11H2,(H,21,24). The average Bonchev–Trinajstić information content (AvgIpc) is 3.13. The van der Waals surface area contributed by atoms with Crippen LogP contribution in [-0.2, 0) is 11.3 Å². The number of hydrogen-bond donors (Lipinski definition) is 1. The Kier molecular flexibility index (Phi) is 4.52. The van der Waals surface area contributed by atoms with E-state index in [9.17, 15) is 9.59 Å². The van der Waals surface area contributed by atoms with E-state index in [1.807, 2.05) is 6.07 Å². The molecule has 0 spiro atoms. The molecule has 0 atom stereocenters. The van der Waals surface area contributed by atoms with Crippen molar-refractivity contribution in [2.75, 3.05) is 12.1 Å². The van der Waals surface area contributed by atoms with Crippen LogP contribution in [0.5, 0.6) is 11.5 Å². The minimum absolute atomic E-state index is 0.177. The first-order valence-electron chi connectivity index (χ1n) is 8.12. The van der Waals surface area contributed by atoms with Crippen molar-refractivity contribution in [2.45, 2.75) is 6.54 Å². The Labute approximate surface area is 159 Å². The number of aromatic nitrogens is 2. The van der Waals surface area contributed by atoms with Crippen molar-refractivity contribution < 1.29 is 14.3 Å².